The summed E-state index contributed by atoms with van der Waals surface area (Å²) in [5, 5.41) is 18.1. The van der Waals surface area contributed by atoms with E-state index in [0.29, 0.717) is 40.5 Å². The lowest BCUT2D eigenvalue weighted by molar-refractivity contribution is 0.112. The van der Waals surface area contributed by atoms with E-state index in [2.05, 4.69) is 40.9 Å². The molecule has 0 spiro atoms. The summed E-state index contributed by atoms with van der Waals surface area (Å²) in [6.07, 6.45) is 1.28. The van der Waals surface area contributed by atoms with Gasteiger partial charge < -0.3 is 20.3 Å². The molecular weight excluding hydrogens is 458 g/mol. The second kappa shape index (κ2) is 8.41. The fourth-order valence-electron chi connectivity index (χ4n) is 4.29. The van der Waals surface area contributed by atoms with E-state index in [1.54, 1.807) is 7.11 Å². The lowest BCUT2D eigenvalue weighted by Crippen LogP contribution is -2.44. The second-order valence-corrected chi connectivity index (χ2v) is 8.60. The van der Waals surface area contributed by atoms with Crippen molar-refractivity contribution in [1.82, 2.24) is 40.1 Å². The zero-order valence-electron chi connectivity index (χ0n) is 19.0. The minimum absolute atomic E-state index is 0.187. The molecule has 2 aliphatic rings. The number of piperazine rings is 1. The van der Waals surface area contributed by atoms with E-state index in [-0.39, 0.29) is 13.0 Å². The van der Waals surface area contributed by atoms with Crippen LogP contribution in [0.15, 0.2) is 30.5 Å². The molecule has 1 atom stereocenters. The lowest BCUT2D eigenvalue weighted by atomic mass is 10.2. The van der Waals surface area contributed by atoms with Crippen LogP contribution in [0.25, 0.3) is 17.0 Å². The van der Waals surface area contributed by atoms with E-state index in [0.717, 1.165) is 31.7 Å². The van der Waals surface area contributed by atoms with Crippen molar-refractivity contribution >= 4 is 17.5 Å². The van der Waals surface area contributed by atoms with Gasteiger partial charge in [0, 0.05) is 38.2 Å². The number of H-pyrrole nitrogens is 1. The zero-order chi connectivity index (χ0) is 24.0. The van der Waals surface area contributed by atoms with Crippen molar-refractivity contribution in [1.29, 1.82) is 0 Å². The average molecular weight is 482 g/mol. The summed E-state index contributed by atoms with van der Waals surface area (Å²) < 4.78 is 34.6. The van der Waals surface area contributed by atoms with E-state index in [1.165, 1.54) is 10.7 Å². The van der Waals surface area contributed by atoms with Crippen molar-refractivity contribution in [3.8, 4) is 17.1 Å². The van der Waals surface area contributed by atoms with Crippen molar-refractivity contribution in [2.24, 2.45) is 0 Å². The Labute approximate surface area is 198 Å². The van der Waals surface area contributed by atoms with Crippen molar-refractivity contribution < 1.29 is 13.5 Å². The summed E-state index contributed by atoms with van der Waals surface area (Å²) in [4.78, 5) is 15.9. The monoisotopic (exact) mass is 482 g/mol. The highest BCUT2D eigenvalue weighted by molar-refractivity contribution is 5.63. The molecule has 182 valence electrons. The van der Waals surface area contributed by atoms with Crippen LogP contribution in [0.5, 0.6) is 5.75 Å². The molecule has 11 nitrogen and oxygen atoms in total. The van der Waals surface area contributed by atoms with Crippen LogP contribution in [0, 0.1) is 0 Å². The van der Waals surface area contributed by atoms with Gasteiger partial charge in [-0.05, 0) is 12.1 Å². The molecule has 3 aromatic heterocycles. The molecule has 1 aromatic carbocycles. The number of benzene rings is 1. The Bertz CT molecular complexity index is 1360. The van der Waals surface area contributed by atoms with Crippen molar-refractivity contribution in [3.63, 3.8) is 0 Å². The Balaban J connectivity index is 1.30. The van der Waals surface area contributed by atoms with Crippen molar-refractivity contribution in [2.75, 3.05) is 43.5 Å². The van der Waals surface area contributed by atoms with Crippen LogP contribution in [0.2, 0.25) is 0 Å². The van der Waals surface area contributed by atoms with Crippen LogP contribution in [0.4, 0.5) is 20.7 Å². The number of fused-ring (bicyclic) bond motifs is 1. The number of hydrogen-bond donors (Lipinski definition) is 3. The Morgan fingerprint density at radius 1 is 1.17 bits per heavy atom. The molecule has 0 amide bonds. The van der Waals surface area contributed by atoms with Gasteiger partial charge in [-0.25, -0.2) is 13.8 Å². The maximum atomic E-state index is 13.9. The molecule has 1 saturated heterocycles. The lowest BCUT2D eigenvalue weighted by Gasteiger charge is -2.27. The third-order valence-corrected chi connectivity index (χ3v) is 6.28. The summed E-state index contributed by atoms with van der Waals surface area (Å²) in [5.41, 5.74) is 1.60. The number of aromatic nitrogens is 7. The third-order valence-electron chi connectivity index (χ3n) is 6.28. The Kier molecular flexibility index (Phi) is 5.20. The standard InChI is InChI=1S/C22H24F2N10O/c1-35-16-5-3-2-4-13(16)18-28-17(31-32-18)12-26-20-30-21(33-8-6-25-7-9-33)29-19-14(11-27-34(19)20)15-10-22(15,23)24/h2-5,11,15,25H,6-10,12H2,1H3,(H,26,29,30)(H,28,31,32). The van der Waals surface area contributed by atoms with Crippen LogP contribution in [0.3, 0.4) is 0 Å². The highest BCUT2D eigenvalue weighted by Crippen LogP contribution is 2.56. The Hall–Kier alpha value is -3.87. The normalized spacial score (nSPS) is 19.2. The molecule has 13 heteroatoms. The van der Waals surface area contributed by atoms with Crippen molar-refractivity contribution in [3.05, 3.63) is 41.9 Å². The predicted molar refractivity (Wildman–Crippen MR) is 124 cm³/mol. The third kappa shape index (κ3) is 4.01. The smallest absolute Gasteiger partial charge is 0.256 e. The summed E-state index contributed by atoms with van der Waals surface area (Å²) in [5.74, 6) is -0.949. The topological polar surface area (TPSA) is 121 Å². The summed E-state index contributed by atoms with van der Waals surface area (Å²) in [7, 11) is 1.60. The predicted octanol–water partition coefficient (Wildman–Crippen LogP) is 2.06. The number of nitrogens with zero attached hydrogens (tertiary/aromatic N) is 7. The van der Waals surface area contributed by atoms with Gasteiger partial charge in [0.1, 0.15) is 11.6 Å². The molecule has 4 aromatic rings. The first-order valence-corrected chi connectivity index (χ1v) is 11.4. The van der Waals surface area contributed by atoms with Crippen LogP contribution < -0.4 is 20.3 Å². The van der Waals surface area contributed by atoms with Crippen molar-refractivity contribution in [2.45, 2.75) is 24.8 Å². The molecule has 1 aliphatic carbocycles. The maximum absolute atomic E-state index is 13.9. The summed E-state index contributed by atoms with van der Waals surface area (Å²) >= 11 is 0. The number of anilines is 2. The van der Waals surface area contributed by atoms with Crippen LogP contribution in [-0.4, -0.2) is 74.0 Å². The molecule has 2 fully saturated rings. The van der Waals surface area contributed by atoms with E-state index in [9.17, 15) is 8.78 Å². The zero-order valence-corrected chi connectivity index (χ0v) is 19.0. The minimum atomic E-state index is -2.72. The highest BCUT2D eigenvalue weighted by atomic mass is 19.3. The first kappa shape index (κ1) is 21.6. The van der Waals surface area contributed by atoms with Gasteiger partial charge in [-0.3, -0.25) is 5.10 Å². The summed E-state index contributed by atoms with van der Waals surface area (Å²) in [6.45, 7) is 3.32. The fourth-order valence-corrected chi connectivity index (χ4v) is 4.29. The Morgan fingerprint density at radius 3 is 2.74 bits per heavy atom. The van der Waals surface area contributed by atoms with Gasteiger partial charge in [0.05, 0.1) is 31.3 Å². The number of halogens is 2. The van der Waals surface area contributed by atoms with Gasteiger partial charge in [-0.2, -0.15) is 24.7 Å². The first-order valence-electron chi connectivity index (χ1n) is 11.4. The van der Waals surface area contributed by atoms with Crippen LogP contribution in [0.1, 0.15) is 23.7 Å². The second-order valence-electron chi connectivity index (χ2n) is 8.60. The van der Waals surface area contributed by atoms with E-state index >= 15 is 0 Å². The molecule has 0 radical (unpaired) electrons. The SMILES string of the molecule is COc1ccccc1-c1n[nH]c(CNc2nc(N3CCNCC3)nc3c(C4CC4(F)F)cnn23)n1. The quantitative estimate of drug-likeness (QED) is 0.363. The molecule has 1 unspecified atom stereocenters. The number of aromatic amines is 1. The van der Waals surface area contributed by atoms with Gasteiger partial charge in [0.25, 0.3) is 5.92 Å². The van der Waals surface area contributed by atoms with Gasteiger partial charge in [0.15, 0.2) is 11.5 Å². The molecule has 0 bridgehead atoms. The largest absolute Gasteiger partial charge is 0.496 e. The fraction of sp³-hybridized carbons (Fsp3) is 0.409. The molecule has 1 aliphatic heterocycles. The number of nitrogens with one attached hydrogen (secondary N) is 3. The average Bonchev–Trinajstić information content (AvgIpc) is 3.24. The Morgan fingerprint density at radius 2 is 1.97 bits per heavy atom. The number of alkyl halides is 2. The number of ether oxygens (including phenoxy) is 1. The minimum Gasteiger partial charge on any atom is -0.496 e. The van der Waals surface area contributed by atoms with E-state index in [1.807, 2.05) is 29.2 Å². The van der Waals surface area contributed by atoms with E-state index < -0.39 is 11.8 Å². The van der Waals surface area contributed by atoms with Gasteiger partial charge in [0.2, 0.25) is 11.9 Å². The first-order chi connectivity index (χ1) is 17.0. The van der Waals surface area contributed by atoms with Gasteiger partial charge >= 0.3 is 0 Å². The number of methoxy groups -OCH3 is 1. The molecule has 4 heterocycles. The van der Waals surface area contributed by atoms with Gasteiger partial charge in [-0.1, -0.05) is 12.1 Å². The number of rotatable bonds is 7. The van der Waals surface area contributed by atoms with Gasteiger partial charge in [-0.15, -0.1) is 0 Å². The molecular formula is C22H24F2N10O. The molecule has 35 heavy (non-hydrogen) atoms. The summed E-state index contributed by atoms with van der Waals surface area (Å²) in [6, 6.07) is 7.49. The molecule has 1 saturated carbocycles. The maximum Gasteiger partial charge on any atom is 0.256 e. The number of para-hydroxylation sites is 1. The molecule has 3 N–H and O–H groups in total. The van der Waals surface area contributed by atoms with E-state index in [4.69, 9.17) is 4.74 Å². The van der Waals surface area contributed by atoms with Crippen LogP contribution in [-0.2, 0) is 6.54 Å². The van der Waals surface area contributed by atoms with Crippen LogP contribution >= 0.6 is 0 Å². The number of hydrogen-bond acceptors (Lipinski definition) is 9. The highest BCUT2D eigenvalue weighted by Gasteiger charge is 2.59. The molecule has 6 rings (SSSR count).